The van der Waals surface area contributed by atoms with Crippen LogP contribution in [0.1, 0.15) is 64.9 Å². The van der Waals surface area contributed by atoms with E-state index in [9.17, 15) is 14.0 Å². The summed E-state index contributed by atoms with van der Waals surface area (Å²) < 4.78 is 19.1. The minimum atomic E-state index is -1.63. The van der Waals surface area contributed by atoms with Gasteiger partial charge in [-0.1, -0.05) is 19.3 Å². The third-order valence-corrected chi connectivity index (χ3v) is 5.96. The normalized spacial score (nSPS) is 20.9. The zero-order chi connectivity index (χ0) is 23.3. The third kappa shape index (κ3) is 6.76. The molecule has 1 aliphatic carbocycles. The number of likely N-dealkylation sites (tertiary alicyclic amines) is 1. The summed E-state index contributed by atoms with van der Waals surface area (Å²) in [6.45, 7) is 8.21. The Kier molecular flexibility index (Phi) is 7.87. The maximum absolute atomic E-state index is 13.4. The van der Waals surface area contributed by atoms with Crippen molar-refractivity contribution in [2.45, 2.75) is 70.9 Å². The number of amides is 1. The van der Waals surface area contributed by atoms with Gasteiger partial charge in [0.25, 0.3) is 0 Å². The van der Waals surface area contributed by atoms with Gasteiger partial charge in [-0.15, -0.1) is 0 Å². The molecule has 1 aliphatic heterocycles. The average Bonchev–Trinajstić information content (AvgIpc) is 3.16. The lowest BCUT2D eigenvalue weighted by Crippen LogP contribution is -2.45. The van der Waals surface area contributed by atoms with Crippen LogP contribution in [-0.2, 0) is 9.53 Å². The summed E-state index contributed by atoms with van der Waals surface area (Å²) in [6, 6.07) is 3.09. The molecule has 1 saturated heterocycles. The third-order valence-electron chi connectivity index (χ3n) is 5.96. The summed E-state index contributed by atoms with van der Waals surface area (Å²) in [7, 11) is 0. The number of aromatic nitrogens is 1. The molecule has 8 heteroatoms. The Morgan fingerprint density at radius 2 is 1.97 bits per heavy atom. The molecule has 1 aromatic heterocycles. The molecule has 1 N–H and O–H groups in total. The quantitative estimate of drug-likeness (QED) is 0.626. The van der Waals surface area contributed by atoms with Gasteiger partial charge in [-0.05, 0) is 69.7 Å². The smallest absolute Gasteiger partial charge is 0.416 e. The van der Waals surface area contributed by atoms with Crippen molar-refractivity contribution < 1.29 is 23.8 Å². The fourth-order valence-electron chi connectivity index (χ4n) is 4.50. The van der Waals surface area contributed by atoms with E-state index in [4.69, 9.17) is 9.84 Å². The summed E-state index contributed by atoms with van der Waals surface area (Å²) in [4.78, 5) is 32.1. The highest BCUT2D eigenvalue weighted by atomic mass is 19.1. The highest BCUT2D eigenvalue weighted by Gasteiger charge is 2.35. The molecule has 0 bridgehead atoms. The van der Waals surface area contributed by atoms with Gasteiger partial charge in [0, 0.05) is 25.8 Å². The van der Waals surface area contributed by atoms with E-state index < -0.39 is 23.5 Å². The molecule has 32 heavy (non-hydrogen) atoms. The van der Waals surface area contributed by atoms with Gasteiger partial charge in [-0.2, -0.15) is 4.39 Å². The number of carboxylic acid groups (broad SMARTS) is 1. The highest BCUT2D eigenvalue weighted by Crippen LogP contribution is 2.29. The predicted molar refractivity (Wildman–Crippen MR) is 121 cm³/mol. The first-order chi connectivity index (χ1) is 15.1. The number of rotatable bonds is 6. The van der Waals surface area contributed by atoms with E-state index in [1.54, 1.807) is 17.0 Å². The number of aliphatic carboxylic acids is 1. The number of carbonyl (C=O) groups is 2. The number of carbonyl (C=O) groups excluding carboxylic acids is 1. The van der Waals surface area contributed by atoms with Gasteiger partial charge in [-0.3, -0.25) is 4.90 Å². The van der Waals surface area contributed by atoms with E-state index in [1.807, 2.05) is 20.8 Å². The second-order valence-corrected chi connectivity index (χ2v) is 9.80. The van der Waals surface area contributed by atoms with E-state index in [0.29, 0.717) is 11.4 Å². The van der Waals surface area contributed by atoms with Gasteiger partial charge in [0.05, 0.1) is 6.04 Å². The van der Waals surface area contributed by atoms with E-state index in [-0.39, 0.29) is 6.04 Å². The molecule has 7 nitrogen and oxygen atoms in total. The van der Waals surface area contributed by atoms with Gasteiger partial charge < -0.3 is 14.7 Å². The van der Waals surface area contributed by atoms with Crippen molar-refractivity contribution in [1.29, 1.82) is 0 Å². The molecule has 176 valence electrons. The van der Waals surface area contributed by atoms with Gasteiger partial charge >= 0.3 is 12.1 Å². The van der Waals surface area contributed by atoms with Crippen molar-refractivity contribution in [2.75, 3.05) is 24.5 Å². The Hall–Kier alpha value is -2.48. The molecule has 0 spiro atoms. The number of anilines is 1. The minimum absolute atomic E-state index is 0.0712. The van der Waals surface area contributed by atoms with Gasteiger partial charge in [0.15, 0.2) is 0 Å². The molecule has 2 aliphatic rings. The van der Waals surface area contributed by atoms with Crippen LogP contribution in [-0.4, -0.2) is 58.3 Å². The second kappa shape index (κ2) is 10.4. The van der Waals surface area contributed by atoms with Crippen molar-refractivity contribution >= 4 is 24.0 Å². The zero-order valence-corrected chi connectivity index (χ0v) is 19.2. The number of hydrogen-bond acceptors (Lipinski definition) is 5. The van der Waals surface area contributed by atoms with Crippen molar-refractivity contribution in [3.8, 4) is 0 Å². The van der Waals surface area contributed by atoms with Crippen LogP contribution < -0.4 is 4.90 Å². The largest absolute Gasteiger partial charge is 0.476 e. The van der Waals surface area contributed by atoms with Crippen molar-refractivity contribution in [3.05, 3.63) is 29.7 Å². The number of pyridine rings is 1. The molecule has 1 saturated carbocycles. The molecule has 1 aromatic rings. The molecule has 1 atom stereocenters. The van der Waals surface area contributed by atoms with Crippen molar-refractivity contribution in [2.24, 2.45) is 5.92 Å². The minimum Gasteiger partial charge on any atom is -0.476 e. The molecular formula is C24H34FN3O4. The maximum atomic E-state index is 13.4. The number of carboxylic acids is 1. The number of ether oxygens (including phenoxy) is 1. The van der Waals surface area contributed by atoms with Crippen LogP contribution in [0.2, 0.25) is 0 Å². The Morgan fingerprint density at radius 3 is 2.56 bits per heavy atom. The molecule has 1 amide bonds. The van der Waals surface area contributed by atoms with Crippen LogP contribution >= 0.6 is 0 Å². The van der Waals surface area contributed by atoms with E-state index in [2.05, 4.69) is 9.88 Å². The summed E-state index contributed by atoms with van der Waals surface area (Å²) in [5.41, 5.74) is -0.341. The zero-order valence-electron chi connectivity index (χ0n) is 19.2. The van der Waals surface area contributed by atoms with Crippen LogP contribution in [0.25, 0.3) is 6.08 Å². The monoisotopic (exact) mass is 447 g/mol. The topological polar surface area (TPSA) is 83.0 Å². The Bertz CT molecular complexity index is 829. The molecule has 0 unspecified atom stereocenters. The number of hydrogen-bond donors (Lipinski definition) is 1. The Morgan fingerprint density at radius 1 is 1.25 bits per heavy atom. The van der Waals surface area contributed by atoms with Crippen molar-refractivity contribution in [3.63, 3.8) is 0 Å². The van der Waals surface area contributed by atoms with Gasteiger partial charge in [0.2, 0.25) is 5.83 Å². The van der Waals surface area contributed by atoms with Crippen LogP contribution in [0.15, 0.2) is 24.2 Å². The lowest BCUT2D eigenvalue weighted by molar-refractivity contribution is -0.134. The van der Waals surface area contributed by atoms with E-state index in [1.165, 1.54) is 38.3 Å². The van der Waals surface area contributed by atoms with Crippen molar-refractivity contribution in [1.82, 2.24) is 9.88 Å². The molecule has 2 heterocycles. The summed E-state index contributed by atoms with van der Waals surface area (Å²) >= 11 is 0. The second-order valence-electron chi connectivity index (χ2n) is 9.80. The number of halogens is 1. The fourth-order valence-corrected chi connectivity index (χ4v) is 4.50. The van der Waals surface area contributed by atoms with E-state index >= 15 is 0 Å². The Labute approximate surface area is 189 Å². The maximum Gasteiger partial charge on any atom is 0.416 e. The SMILES string of the molecule is CC(C)(C)OC(=O)N(c1ccc(/C=C(\F)C(=O)O)cn1)[C@@H]1CCN(CC2CCCCC2)C1. The van der Waals surface area contributed by atoms with Gasteiger partial charge in [0.1, 0.15) is 11.4 Å². The summed E-state index contributed by atoms with van der Waals surface area (Å²) in [6.07, 6.45) is 9.12. The molecule has 0 radical (unpaired) electrons. The lowest BCUT2D eigenvalue weighted by atomic mass is 9.89. The van der Waals surface area contributed by atoms with Crippen LogP contribution in [0, 0.1) is 5.92 Å². The summed E-state index contributed by atoms with van der Waals surface area (Å²) in [5, 5.41) is 8.72. The first-order valence-corrected chi connectivity index (χ1v) is 11.4. The predicted octanol–water partition coefficient (Wildman–Crippen LogP) is 4.87. The standard InChI is InChI=1S/C24H34FN3O4/c1-24(2,3)32-23(31)28(21-10-9-18(14-26-21)13-20(25)22(29)30)19-11-12-27(16-19)15-17-7-5-4-6-8-17/h9-10,13-14,17,19H,4-8,11-12,15-16H2,1-3H3,(H,29,30)/b20-13-/t19-/m1/s1. The van der Waals surface area contributed by atoms with E-state index in [0.717, 1.165) is 38.0 Å². The molecular weight excluding hydrogens is 413 g/mol. The average molecular weight is 448 g/mol. The van der Waals surface area contributed by atoms with Crippen LogP contribution in [0.3, 0.4) is 0 Å². The molecule has 2 fully saturated rings. The summed E-state index contributed by atoms with van der Waals surface area (Å²) in [5.74, 6) is -1.76. The molecule has 0 aromatic carbocycles. The van der Waals surface area contributed by atoms with Gasteiger partial charge in [-0.25, -0.2) is 14.6 Å². The number of nitrogens with zero attached hydrogens (tertiary/aromatic N) is 3. The van der Waals surface area contributed by atoms with Crippen LogP contribution in [0.4, 0.5) is 15.0 Å². The lowest BCUT2D eigenvalue weighted by Gasteiger charge is -2.31. The van der Waals surface area contributed by atoms with Crippen LogP contribution in [0.5, 0.6) is 0 Å². The fraction of sp³-hybridized carbons (Fsp3) is 0.625. The molecule has 3 rings (SSSR count). The highest BCUT2D eigenvalue weighted by molar-refractivity contribution is 5.90. The Balaban J connectivity index is 1.76. The first-order valence-electron chi connectivity index (χ1n) is 11.4. The first kappa shape index (κ1) is 24.2.